The third kappa shape index (κ3) is 5.27. The summed E-state index contributed by atoms with van der Waals surface area (Å²) in [5.74, 6) is -1.01. The van der Waals surface area contributed by atoms with Crippen LogP contribution in [0.5, 0.6) is 5.75 Å². The van der Waals surface area contributed by atoms with Crippen molar-refractivity contribution in [1.82, 2.24) is 0 Å². The fourth-order valence-corrected chi connectivity index (χ4v) is 1.54. The van der Waals surface area contributed by atoms with E-state index in [9.17, 15) is 18.0 Å². The minimum absolute atomic E-state index is 0.0519. The molecular formula is C11H10ClF3O3. The summed E-state index contributed by atoms with van der Waals surface area (Å²) in [7, 11) is 0. The van der Waals surface area contributed by atoms with Crippen molar-refractivity contribution < 1.29 is 27.4 Å². The van der Waals surface area contributed by atoms with Crippen LogP contribution < -0.4 is 4.74 Å². The van der Waals surface area contributed by atoms with Crippen molar-refractivity contribution in [2.45, 2.75) is 19.7 Å². The first-order valence-corrected chi connectivity index (χ1v) is 5.39. The van der Waals surface area contributed by atoms with Crippen molar-refractivity contribution in [3.8, 4) is 5.75 Å². The lowest BCUT2D eigenvalue weighted by atomic mass is 10.1. The predicted octanol–water partition coefficient (Wildman–Crippen LogP) is 3.34. The first-order valence-electron chi connectivity index (χ1n) is 5.01. The summed E-state index contributed by atoms with van der Waals surface area (Å²) < 4.78 is 44.5. The highest BCUT2D eigenvalue weighted by Crippen LogP contribution is 2.27. The highest BCUT2D eigenvalue weighted by atomic mass is 35.5. The molecule has 0 aromatic heterocycles. The van der Waals surface area contributed by atoms with E-state index in [0.717, 1.165) is 12.1 Å². The Balaban J connectivity index is 2.84. The molecule has 1 aromatic carbocycles. The lowest BCUT2D eigenvalue weighted by molar-refractivity contribution is -0.274. The Bertz CT molecular complexity index is 432. The average Bonchev–Trinajstić information content (AvgIpc) is 2.13. The van der Waals surface area contributed by atoms with Crippen LogP contribution in [-0.4, -0.2) is 18.9 Å². The number of carbonyl (C=O) groups excluding carboxylic acids is 1. The number of carbonyl (C=O) groups is 1. The van der Waals surface area contributed by atoms with Crippen LogP contribution in [-0.2, 0) is 16.0 Å². The minimum Gasteiger partial charge on any atom is -0.466 e. The van der Waals surface area contributed by atoms with E-state index in [-0.39, 0.29) is 18.1 Å². The van der Waals surface area contributed by atoms with Crippen LogP contribution in [0.2, 0.25) is 5.02 Å². The van der Waals surface area contributed by atoms with Gasteiger partial charge in [0.25, 0.3) is 0 Å². The standard InChI is InChI=1S/C11H10ClF3O3/c1-2-17-10(16)5-7-3-8(12)6-9(4-7)18-11(13,14)15/h3-4,6H,2,5H2,1H3. The van der Waals surface area contributed by atoms with Gasteiger partial charge in [-0.1, -0.05) is 11.6 Å². The molecule has 0 fully saturated rings. The van der Waals surface area contributed by atoms with Crippen LogP contribution in [0.25, 0.3) is 0 Å². The number of hydrogen-bond donors (Lipinski definition) is 0. The van der Waals surface area contributed by atoms with Crippen molar-refractivity contribution in [1.29, 1.82) is 0 Å². The van der Waals surface area contributed by atoms with E-state index in [1.165, 1.54) is 6.07 Å². The number of esters is 1. The SMILES string of the molecule is CCOC(=O)Cc1cc(Cl)cc(OC(F)(F)F)c1. The zero-order valence-electron chi connectivity index (χ0n) is 9.38. The third-order valence-electron chi connectivity index (χ3n) is 1.82. The summed E-state index contributed by atoms with van der Waals surface area (Å²) >= 11 is 5.64. The van der Waals surface area contributed by atoms with Crippen LogP contribution in [0.1, 0.15) is 12.5 Å². The van der Waals surface area contributed by atoms with Gasteiger partial charge in [0, 0.05) is 5.02 Å². The fourth-order valence-electron chi connectivity index (χ4n) is 1.29. The maximum atomic E-state index is 12.0. The Morgan fingerprint density at radius 3 is 2.56 bits per heavy atom. The van der Waals surface area contributed by atoms with Gasteiger partial charge in [0.1, 0.15) is 5.75 Å². The second-order valence-corrected chi connectivity index (χ2v) is 3.76. The van der Waals surface area contributed by atoms with Gasteiger partial charge in [-0.2, -0.15) is 0 Å². The molecule has 1 aromatic rings. The molecule has 0 radical (unpaired) electrons. The molecule has 0 aliphatic carbocycles. The van der Waals surface area contributed by atoms with E-state index in [1.807, 2.05) is 0 Å². The number of benzene rings is 1. The van der Waals surface area contributed by atoms with Crippen molar-refractivity contribution in [2.24, 2.45) is 0 Å². The molecule has 0 saturated heterocycles. The van der Waals surface area contributed by atoms with E-state index in [4.69, 9.17) is 11.6 Å². The second-order valence-electron chi connectivity index (χ2n) is 3.32. The molecule has 1 rings (SSSR count). The Labute approximate surface area is 106 Å². The van der Waals surface area contributed by atoms with Crippen molar-refractivity contribution >= 4 is 17.6 Å². The minimum atomic E-state index is -4.80. The normalized spacial score (nSPS) is 11.2. The van der Waals surface area contributed by atoms with E-state index in [0.29, 0.717) is 5.56 Å². The van der Waals surface area contributed by atoms with E-state index < -0.39 is 18.1 Å². The molecule has 3 nitrogen and oxygen atoms in total. The molecule has 7 heteroatoms. The van der Waals surface area contributed by atoms with Crippen molar-refractivity contribution in [2.75, 3.05) is 6.61 Å². The van der Waals surface area contributed by atoms with Gasteiger partial charge in [-0.25, -0.2) is 0 Å². The lowest BCUT2D eigenvalue weighted by Gasteiger charge is -2.10. The van der Waals surface area contributed by atoms with Crippen LogP contribution >= 0.6 is 11.6 Å². The third-order valence-corrected chi connectivity index (χ3v) is 2.04. The van der Waals surface area contributed by atoms with Gasteiger partial charge in [0.15, 0.2) is 0 Å². The van der Waals surface area contributed by atoms with E-state index >= 15 is 0 Å². The Morgan fingerprint density at radius 1 is 1.33 bits per heavy atom. The van der Waals surface area contributed by atoms with Gasteiger partial charge in [-0.05, 0) is 30.7 Å². The summed E-state index contributed by atoms with van der Waals surface area (Å²) in [6.45, 7) is 1.83. The van der Waals surface area contributed by atoms with Gasteiger partial charge >= 0.3 is 12.3 Å². The Kier molecular flexibility index (Phi) is 4.84. The van der Waals surface area contributed by atoms with E-state index in [1.54, 1.807) is 6.92 Å². The number of alkyl halides is 3. The molecule has 0 heterocycles. The largest absolute Gasteiger partial charge is 0.573 e. The fraction of sp³-hybridized carbons (Fsp3) is 0.364. The molecule has 0 N–H and O–H groups in total. The molecule has 18 heavy (non-hydrogen) atoms. The number of halogens is 4. The van der Waals surface area contributed by atoms with Gasteiger partial charge < -0.3 is 9.47 Å². The summed E-state index contributed by atoms with van der Waals surface area (Å²) in [4.78, 5) is 11.2. The number of hydrogen-bond acceptors (Lipinski definition) is 3. The lowest BCUT2D eigenvalue weighted by Crippen LogP contribution is -2.17. The average molecular weight is 283 g/mol. The Morgan fingerprint density at radius 2 is 2.00 bits per heavy atom. The van der Waals surface area contributed by atoms with Gasteiger partial charge in [-0.15, -0.1) is 13.2 Å². The maximum Gasteiger partial charge on any atom is 0.573 e. The smallest absolute Gasteiger partial charge is 0.466 e. The van der Waals surface area contributed by atoms with Gasteiger partial charge in [0.05, 0.1) is 13.0 Å². The zero-order chi connectivity index (χ0) is 13.8. The van der Waals surface area contributed by atoms with Crippen LogP contribution in [0.15, 0.2) is 18.2 Å². The molecule has 0 aliphatic rings. The molecular weight excluding hydrogens is 273 g/mol. The van der Waals surface area contributed by atoms with Crippen molar-refractivity contribution in [3.63, 3.8) is 0 Å². The van der Waals surface area contributed by atoms with Crippen LogP contribution in [0, 0.1) is 0 Å². The molecule has 0 unspecified atom stereocenters. The van der Waals surface area contributed by atoms with Gasteiger partial charge in [-0.3, -0.25) is 4.79 Å². The zero-order valence-corrected chi connectivity index (χ0v) is 10.1. The molecule has 100 valence electrons. The predicted molar refractivity (Wildman–Crippen MR) is 58.5 cm³/mol. The topological polar surface area (TPSA) is 35.5 Å². The first-order chi connectivity index (χ1) is 8.30. The molecule has 0 aliphatic heterocycles. The Hall–Kier alpha value is -1.43. The van der Waals surface area contributed by atoms with Crippen molar-refractivity contribution in [3.05, 3.63) is 28.8 Å². The van der Waals surface area contributed by atoms with Crippen LogP contribution in [0.3, 0.4) is 0 Å². The molecule has 0 atom stereocenters. The molecule has 0 bridgehead atoms. The van der Waals surface area contributed by atoms with Gasteiger partial charge in [0.2, 0.25) is 0 Å². The summed E-state index contributed by atoms with van der Waals surface area (Å²) in [6.07, 6.45) is -4.96. The monoisotopic (exact) mass is 282 g/mol. The summed E-state index contributed by atoms with van der Waals surface area (Å²) in [6, 6.07) is 3.49. The first kappa shape index (κ1) is 14.6. The second kappa shape index (κ2) is 5.95. The molecule has 0 spiro atoms. The number of ether oxygens (including phenoxy) is 2. The van der Waals surface area contributed by atoms with Crippen LogP contribution in [0.4, 0.5) is 13.2 Å². The highest BCUT2D eigenvalue weighted by molar-refractivity contribution is 6.30. The quantitative estimate of drug-likeness (QED) is 0.795. The number of rotatable bonds is 4. The molecule has 0 amide bonds. The highest BCUT2D eigenvalue weighted by Gasteiger charge is 2.31. The maximum absolute atomic E-state index is 12.0. The summed E-state index contributed by atoms with van der Waals surface area (Å²) in [5, 5.41) is 0.0519. The molecule has 0 saturated carbocycles. The summed E-state index contributed by atoms with van der Waals surface area (Å²) in [5.41, 5.74) is 0.292. The van der Waals surface area contributed by atoms with E-state index in [2.05, 4.69) is 9.47 Å².